The molecule has 1 aliphatic rings. The van der Waals surface area contributed by atoms with E-state index in [0.717, 1.165) is 19.2 Å². The van der Waals surface area contributed by atoms with Crippen LogP contribution >= 0.6 is 0 Å². The largest absolute Gasteiger partial charge is 0.462 e. The van der Waals surface area contributed by atoms with Gasteiger partial charge in [-0.05, 0) is 6.42 Å². The predicted molar refractivity (Wildman–Crippen MR) is 42.9 cm³/mol. The molecule has 66 valence electrons. The highest BCUT2D eigenvalue weighted by molar-refractivity contribution is 6.09. The lowest BCUT2D eigenvalue weighted by Gasteiger charge is -2.04. The number of hydrogen-bond acceptors (Lipinski definition) is 3. The van der Waals surface area contributed by atoms with Gasteiger partial charge in [-0.3, -0.25) is 9.59 Å². The maximum Gasteiger partial charge on any atom is 0.297 e. The van der Waals surface area contributed by atoms with Gasteiger partial charge < -0.3 is 4.74 Å². The minimum Gasteiger partial charge on any atom is -0.462 e. The van der Waals surface area contributed by atoms with E-state index in [4.69, 9.17) is 4.74 Å². The van der Waals surface area contributed by atoms with Gasteiger partial charge in [0, 0.05) is 6.42 Å². The molecule has 0 aromatic carbocycles. The van der Waals surface area contributed by atoms with Crippen LogP contribution < -0.4 is 0 Å². The van der Waals surface area contributed by atoms with Gasteiger partial charge in [0.05, 0.1) is 0 Å². The van der Waals surface area contributed by atoms with Crippen molar-refractivity contribution >= 4 is 18.1 Å². The lowest BCUT2D eigenvalue weighted by Crippen LogP contribution is -2.27. The summed E-state index contributed by atoms with van der Waals surface area (Å²) in [5, 5.41) is 0. The van der Waals surface area contributed by atoms with Crippen molar-refractivity contribution in [1.82, 2.24) is 0 Å². The second-order valence-electron chi connectivity index (χ2n) is 2.66. The Bertz CT molecular complexity index is 222. The summed E-state index contributed by atoms with van der Waals surface area (Å²) in [6.07, 6.45) is 2.23. The first kappa shape index (κ1) is 8.90. The van der Waals surface area contributed by atoms with Gasteiger partial charge in [-0.1, -0.05) is 13.3 Å². The fourth-order valence-electron chi connectivity index (χ4n) is 0.965. The summed E-state index contributed by atoms with van der Waals surface area (Å²) in [6.45, 7) is 1.99. The summed E-state index contributed by atoms with van der Waals surface area (Å²) in [4.78, 5) is 25.4. The zero-order chi connectivity index (χ0) is 8.97. The third kappa shape index (κ3) is 1.90. The molecule has 1 amide bonds. The first-order valence-electron chi connectivity index (χ1n) is 4.00. The van der Waals surface area contributed by atoms with Crippen molar-refractivity contribution in [3.63, 3.8) is 0 Å². The number of unbranched alkanes of at least 4 members (excludes halogenated alkanes) is 1. The van der Waals surface area contributed by atoms with Crippen LogP contribution in [0.5, 0.6) is 0 Å². The molecule has 1 rings (SSSR count). The number of hydrogen-bond donors (Lipinski definition) is 0. The number of carbonyl (C=O) groups is 2. The number of ketones is 1. The van der Waals surface area contributed by atoms with E-state index in [-0.39, 0.29) is 5.78 Å². The number of ether oxygens (including phenoxy) is 1. The number of carbonyl (C=O) groups excluding carboxylic acids is 2. The van der Waals surface area contributed by atoms with Crippen molar-refractivity contribution in [3.8, 4) is 0 Å². The van der Waals surface area contributed by atoms with Gasteiger partial charge in [0.25, 0.3) is 5.91 Å². The SMILES string of the molecule is CCCCC(=O)C1OC=NC1=O. The van der Waals surface area contributed by atoms with E-state index >= 15 is 0 Å². The van der Waals surface area contributed by atoms with Crippen molar-refractivity contribution in [3.05, 3.63) is 0 Å². The number of aliphatic imine (C=N–C) groups is 1. The molecule has 1 atom stereocenters. The average molecular weight is 169 g/mol. The Morgan fingerprint density at radius 1 is 1.75 bits per heavy atom. The van der Waals surface area contributed by atoms with E-state index < -0.39 is 12.0 Å². The molecule has 4 nitrogen and oxygen atoms in total. The average Bonchev–Trinajstić information content (AvgIpc) is 2.47. The van der Waals surface area contributed by atoms with Crippen LogP contribution in [0.1, 0.15) is 26.2 Å². The number of rotatable bonds is 4. The molecule has 0 bridgehead atoms. The van der Waals surface area contributed by atoms with Crippen LogP contribution in [-0.2, 0) is 14.3 Å². The molecule has 0 spiro atoms. The van der Waals surface area contributed by atoms with Crippen LogP contribution in [-0.4, -0.2) is 24.2 Å². The molecule has 0 saturated carbocycles. The fourth-order valence-corrected chi connectivity index (χ4v) is 0.965. The van der Waals surface area contributed by atoms with E-state index in [1.54, 1.807) is 0 Å². The van der Waals surface area contributed by atoms with Gasteiger partial charge in [-0.2, -0.15) is 4.99 Å². The van der Waals surface area contributed by atoms with Crippen molar-refractivity contribution < 1.29 is 14.3 Å². The molecule has 0 aromatic heterocycles. The summed E-state index contributed by atoms with van der Waals surface area (Å²) in [7, 11) is 0. The lowest BCUT2D eigenvalue weighted by molar-refractivity contribution is -0.134. The minimum absolute atomic E-state index is 0.167. The molecule has 0 N–H and O–H groups in total. The van der Waals surface area contributed by atoms with Crippen LogP contribution in [0.25, 0.3) is 0 Å². The maximum absolute atomic E-state index is 11.2. The highest BCUT2D eigenvalue weighted by Crippen LogP contribution is 2.07. The zero-order valence-corrected chi connectivity index (χ0v) is 6.95. The highest BCUT2D eigenvalue weighted by Gasteiger charge is 2.29. The molecule has 4 heteroatoms. The van der Waals surface area contributed by atoms with Gasteiger partial charge in [0.15, 0.2) is 12.2 Å². The van der Waals surface area contributed by atoms with Crippen LogP contribution in [0.4, 0.5) is 0 Å². The molecule has 0 fully saturated rings. The summed E-state index contributed by atoms with van der Waals surface area (Å²) in [5.41, 5.74) is 0. The molecule has 0 saturated heterocycles. The normalized spacial score (nSPS) is 21.1. The number of Topliss-reactive ketones (excluding diaryl/α,β-unsaturated/α-hetero) is 1. The fraction of sp³-hybridized carbons (Fsp3) is 0.625. The second-order valence-corrected chi connectivity index (χ2v) is 2.66. The molecule has 1 aliphatic heterocycles. The van der Waals surface area contributed by atoms with E-state index in [1.807, 2.05) is 6.92 Å². The summed E-state index contributed by atoms with van der Waals surface area (Å²) in [6, 6.07) is 0. The monoisotopic (exact) mass is 169 g/mol. The van der Waals surface area contributed by atoms with Crippen molar-refractivity contribution in [2.24, 2.45) is 4.99 Å². The molecule has 1 heterocycles. The van der Waals surface area contributed by atoms with Gasteiger partial charge in [0.2, 0.25) is 6.10 Å². The van der Waals surface area contributed by atoms with E-state index in [2.05, 4.69) is 4.99 Å². The summed E-state index contributed by atoms with van der Waals surface area (Å²) < 4.78 is 4.73. The van der Waals surface area contributed by atoms with E-state index in [1.165, 1.54) is 0 Å². The molecule has 1 unspecified atom stereocenters. The molecule has 0 radical (unpaired) electrons. The lowest BCUT2D eigenvalue weighted by atomic mass is 10.1. The molecular weight excluding hydrogens is 158 g/mol. The second kappa shape index (κ2) is 3.99. The third-order valence-corrected chi connectivity index (χ3v) is 1.67. The zero-order valence-electron chi connectivity index (χ0n) is 6.95. The van der Waals surface area contributed by atoms with Gasteiger partial charge in [0.1, 0.15) is 0 Å². The summed E-state index contributed by atoms with van der Waals surface area (Å²) >= 11 is 0. The van der Waals surface area contributed by atoms with Crippen LogP contribution in [0.3, 0.4) is 0 Å². The van der Waals surface area contributed by atoms with Crippen LogP contribution in [0, 0.1) is 0 Å². The van der Waals surface area contributed by atoms with E-state index in [0.29, 0.717) is 6.42 Å². The minimum atomic E-state index is -0.948. The van der Waals surface area contributed by atoms with Crippen molar-refractivity contribution in [2.75, 3.05) is 0 Å². The topological polar surface area (TPSA) is 55.7 Å². The number of amides is 1. The Kier molecular flexibility index (Phi) is 2.96. The molecule has 0 aromatic rings. The Hall–Kier alpha value is -1.19. The maximum atomic E-state index is 11.2. The predicted octanol–water partition coefficient (Wildman–Crippen LogP) is 0.699. The van der Waals surface area contributed by atoms with Gasteiger partial charge in [-0.15, -0.1) is 0 Å². The van der Waals surface area contributed by atoms with Crippen LogP contribution in [0.15, 0.2) is 4.99 Å². The Balaban J connectivity index is 2.38. The molecule has 0 aliphatic carbocycles. The summed E-state index contributed by atoms with van der Waals surface area (Å²) in [5.74, 6) is -0.643. The van der Waals surface area contributed by atoms with E-state index in [9.17, 15) is 9.59 Å². The first-order chi connectivity index (χ1) is 5.75. The Morgan fingerprint density at radius 2 is 2.50 bits per heavy atom. The first-order valence-corrected chi connectivity index (χ1v) is 4.00. The standard InChI is InChI=1S/C8H11NO3/c1-2-3-4-6(10)7-8(11)9-5-12-7/h5,7H,2-4H2,1H3. The Labute approximate surface area is 70.6 Å². The quantitative estimate of drug-likeness (QED) is 0.582. The van der Waals surface area contributed by atoms with Gasteiger partial charge in [-0.25, -0.2) is 0 Å². The Morgan fingerprint density at radius 3 is 3.00 bits per heavy atom. The van der Waals surface area contributed by atoms with Gasteiger partial charge >= 0.3 is 0 Å². The third-order valence-electron chi connectivity index (χ3n) is 1.67. The van der Waals surface area contributed by atoms with Crippen LogP contribution in [0.2, 0.25) is 0 Å². The number of nitrogens with zero attached hydrogens (tertiary/aromatic N) is 1. The van der Waals surface area contributed by atoms with Crippen molar-refractivity contribution in [2.45, 2.75) is 32.3 Å². The molecule has 12 heavy (non-hydrogen) atoms. The smallest absolute Gasteiger partial charge is 0.297 e. The van der Waals surface area contributed by atoms with Crippen molar-refractivity contribution in [1.29, 1.82) is 0 Å². The highest BCUT2D eigenvalue weighted by atomic mass is 16.5. The molecular formula is C8H11NO3.